The number of anilines is 1. The average molecular weight is 336 g/mol. The maximum atomic E-state index is 10.9. The van der Waals surface area contributed by atoms with Gasteiger partial charge in [-0.05, 0) is 54.9 Å². The van der Waals surface area contributed by atoms with Crippen molar-refractivity contribution in [1.82, 2.24) is 0 Å². The standard InChI is InChI=1S/C15H21NO2.Y/c1-9-7-13-11(8-14(17)18)5-6-12(13)10(2)15(9)16(3)4;/h7,11H,5-6,8H2,1-4H3,(H,17,18);/t11-;/m0./s1. The van der Waals surface area contributed by atoms with Gasteiger partial charge in [-0.25, -0.2) is 0 Å². The summed E-state index contributed by atoms with van der Waals surface area (Å²) in [6.07, 6.45) is 2.24. The molecule has 0 heterocycles. The summed E-state index contributed by atoms with van der Waals surface area (Å²) < 4.78 is 0. The Balaban J connectivity index is 0.00000180. The zero-order valence-electron chi connectivity index (χ0n) is 12.2. The minimum atomic E-state index is -0.695. The molecule has 101 valence electrons. The van der Waals surface area contributed by atoms with Crippen LogP contribution >= 0.6 is 0 Å². The zero-order valence-corrected chi connectivity index (χ0v) is 15.0. The van der Waals surface area contributed by atoms with E-state index < -0.39 is 5.97 Å². The minimum Gasteiger partial charge on any atom is -0.481 e. The summed E-state index contributed by atoms with van der Waals surface area (Å²) in [6.45, 7) is 4.27. The van der Waals surface area contributed by atoms with Gasteiger partial charge in [0.1, 0.15) is 0 Å². The number of hydrogen-bond acceptors (Lipinski definition) is 2. The number of aliphatic carboxylic acids is 1. The van der Waals surface area contributed by atoms with Crippen molar-refractivity contribution in [3.63, 3.8) is 0 Å². The Hall–Kier alpha value is -0.406. The molecule has 1 radical (unpaired) electrons. The number of benzene rings is 1. The van der Waals surface area contributed by atoms with E-state index in [1.807, 2.05) is 0 Å². The molecule has 1 aliphatic rings. The average Bonchev–Trinajstić information content (AvgIpc) is 2.60. The number of carboxylic acid groups (broad SMARTS) is 1. The third-order valence-corrected chi connectivity index (χ3v) is 3.95. The monoisotopic (exact) mass is 336 g/mol. The van der Waals surface area contributed by atoms with Crippen LogP contribution in [0, 0.1) is 13.8 Å². The zero-order chi connectivity index (χ0) is 13.4. The van der Waals surface area contributed by atoms with Crippen molar-refractivity contribution in [2.75, 3.05) is 19.0 Å². The van der Waals surface area contributed by atoms with Crippen LogP contribution < -0.4 is 4.90 Å². The summed E-state index contributed by atoms with van der Waals surface area (Å²) in [5.41, 5.74) is 6.48. The minimum absolute atomic E-state index is 0. The summed E-state index contributed by atoms with van der Waals surface area (Å²) in [7, 11) is 4.12. The van der Waals surface area contributed by atoms with Crippen molar-refractivity contribution in [1.29, 1.82) is 0 Å². The van der Waals surface area contributed by atoms with Crippen molar-refractivity contribution in [2.45, 2.75) is 39.0 Å². The van der Waals surface area contributed by atoms with E-state index in [1.165, 1.54) is 27.9 Å². The predicted octanol–water partition coefficient (Wildman–Crippen LogP) is 2.87. The number of rotatable bonds is 3. The van der Waals surface area contributed by atoms with Gasteiger partial charge in [-0.1, -0.05) is 6.07 Å². The van der Waals surface area contributed by atoms with Gasteiger partial charge >= 0.3 is 5.97 Å². The number of fused-ring (bicyclic) bond motifs is 1. The Morgan fingerprint density at radius 2 is 2.05 bits per heavy atom. The third kappa shape index (κ3) is 3.19. The van der Waals surface area contributed by atoms with E-state index in [0.717, 1.165) is 12.8 Å². The van der Waals surface area contributed by atoms with Gasteiger partial charge in [0.15, 0.2) is 0 Å². The fraction of sp³-hybridized carbons (Fsp3) is 0.533. The molecular formula is C15H21NO2Y. The van der Waals surface area contributed by atoms with E-state index in [2.05, 4.69) is 38.9 Å². The first kappa shape index (κ1) is 16.6. The fourth-order valence-electron chi connectivity index (χ4n) is 3.32. The van der Waals surface area contributed by atoms with Crippen molar-refractivity contribution in [2.24, 2.45) is 0 Å². The van der Waals surface area contributed by atoms with Crippen LogP contribution in [0.3, 0.4) is 0 Å². The van der Waals surface area contributed by atoms with Gasteiger partial charge in [0.05, 0.1) is 6.42 Å². The van der Waals surface area contributed by atoms with Crippen LogP contribution in [0.25, 0.3) is 0 Å². The number of hydrogen-bond donors (Lipinski definition) is 1. The van der Waals surface area contributed by atoms with E-state index in [0.29, 0.717) is 0 Å². The maximum Gasteiger partial charge on any atom is 0.303 e. The smallest absolute Gasteiger partial charge is 0.303 e. The van der Waals surface area contributed by atoms with E-state index in [9.17, 15) is 4.79 Å². The van der Waals surface area contributed by atoms with Crippen molar-refractivity contribution < 1.29 is 42.6 Å². The van der Waals surface area contributed by atoms with E-state index >= 15 is 0 Å². The SMILES string of the molecule is Cc1cc2c(c(C)c1N(C)C)CC[C@H]2CC(=O)O.[Y]. The molecule has 0 saturated heterocycles. The topological polar surface area (TPSA) is 40.5 Å². The van der Waals surface area contributed by atoms with Crippen LogP contribution in [0.4, 0.5) is 5.69 Å². The van der Waals surface area contributed by atoms with Crippen LogP contribution in [-0.2, 0) is 43.9 Å². The van der Waals surface area contributed by atoms with Crippen LogP contribution in [0.2, 0.25) is 0 Å². The summed E-state index contributed by atoms with van der Waals surface area (Å²) in [5.74, 6) is -0.494. The fourth-order valence-corrected chi connectivity index (χ4v) is 3.32. The molecule has 0 aliphatic heterocycles. The van der Waals surface area contributed by atoms with Crippen LogP contribution in [0.15, 0.2) is 6.07 Å². The Morgan fingerprint density at radius 1 is 1.42 bits per heavy atom. The molecule has 2 rings (SSSR count). The number of aryl methyl sites for hydroxylation is 1. The molecule has 0 bridgehead atoms. The van der Waals surface area contributed by atoms with Gasteiger partial charge in [0, 0.05) is 52.5 Å². The normalized spacial score (nSPS) is 16.7. The van der Waals surface area contributed by atoms with E-state index in [1.54, 1.807) is 0 Å². The summed E-state index contributed by atoms with van der Waals surface area (Å²) in [4.78, 5) is 13.1. The summed E-state index contributed by atoms with van der Waals surface area (Å²) in [6, 6.07) is 2.19. The second-order valence-corrected chi connectivity index (χ2v) is 5.46. The molecule has 0 saturated carbocycles. The molecule has 1 aliphatic carbocycles. The Bertz CT molecular complexity index is 497. The number of carboxylic acids is 1. The van der Waals surface area contributed by atoms with Gasteiger partial charge in [0.2, 0.25) is 0 Å². The summed E-state index contributed by atoms with van der Waals surface area (Å²) >= 11 is 0. The molecular weight excluding hydrogens is 315 g/mol. The first-order valence-corrected chi connectivity index (χ1v) is 6.44. The molecule has 0 amide bonds. The van der Waals surface area contributed by atoms with Crippen molar-refractivity contribution in [3.8, 4) is 0 Å². The molecule has 0 spiro atoms. The van der Waals surface area contributed by atoms with Gasteiger partial charge in [-0.3, -0.25) is 4.79 Å². The summed E-state index contributed by atoms with van der Waals surface area (Å²) in [5, 5.41) is 8.97. The van der Waals surface area contributed by atoms with Crippen molar-refractivity contribution in [3.05, 3.63) is 28.3 Å². The second-order valence-electron chi connectivity index (χ2n) is 5.46. The van der Waals surface area contributed by atoms with Crippen LogP contribution in [-0.4, -0.2) is 25.2 Å². The number of nitrogens with zero attached hydrogens (tertiary/aromatic N) is 1. The van der Waals surface area contributed by atoms with E-state index in [4.69, 9.17) is 5.11 Å². The molecule has 3 nitrogen and oxygen atoms in total. The molecule has 1 atom stereocenters. The van der Waals surface area contributed by atoms with Gasteiger partial charge in [-0.15, -0.1) is 0 Å². The second kappa shape index (κ2) is 6.36. The van der Waals surface area contributed by atoms with Gasteiger partial charge < -0.3 is 10.0 Å². The molecule has 0 unspecified atom stereocenters. The quantitative estimate of drug-likeness (QED) is 0.923. The van der Waals surface area contributed by atoms with Gasteiger partial charge in [0.25, 0.3) is 0 Å². The molecule has 4 heteroatoms. The molecule has 0 fully saturated rings. The third-order valence-electron chi connectivity index (χ3n) is 3.95. The Kier molecular flexibility index (Phi) is 5.57. The molecule has 19 heavy (non-hydrogen) atoms. The largest absolute Gasteiger partial charge is 0.481 e. The predicted molar refractivity (Wildman–Crippen MR) is 73.6 cm³/mol. The Labute approximate surface area is 140 Å². The van der Waals surface area contributed by atoms with Crippen molar-refractivity contribution >= 4 is 11.7 Å². The molecule has 1 aromatic rings. The first-order chi connectivity index (χ1) is 8.41. The van der Waals surface area contributed by atoms with Crippen LogP contribution in [0.1, 0.15) is 41.0 Å². The Morgan fingerprint density at radius 3 is 2.58 bits per heavy atom. The van der Waals surface area contributed by atoms with Crippen LogP contribution in [0.5, 0.6) is 0 Å². The molecule has 1 N–H and O–H groups in total. The molecule has 0 aromatic heterocycles. The molecule has 1 aromatic carbocycles. The maximum absolute atomic E-state index is 10.9. The first-order valence-electron chi connectivity index (χ1n) is 6.44. The van der Waals surface area contributed by atoms with E-state index in [-0.39, 0.29) is 45.0 Å². The van der Waals surface area contributed by atoms with Gasteiger partial charge in [-0.2, -0.15) is 0 Å². The number of carbonyl (C=O) groups is 1.